The average molecular weight is 214 g/mol. The number of ether oxygens (including phenoxy) is 1. The molecule has 1 rings (SSSR count). The van der Waals surface area contributed by atoms with E-state index in [1.54, 1.807) is 7.11 Å². The van der Waals surface area contributed by atoms with Gasteiger partial charge in [0, 0.05) is 11.6 Å². The lowest BCUT2D eigenvalue weighted by molar-refractivity contribution is 0.414. The largest absolute Gasteiger partial charge is 0.497 e. The molecule has 0 spiro atoms. The van der Waals surface area contributed by atoms with Crippen LogP contribution in [0.25, 0.3) is 0 Å². The molecule has 14 heavy (non-hydrogen) atoms. The van der Waals surface area contributed by atoms with Crippen LogP contribution in [-0.2, 0) is 6.54 Å². The Labute approximate surface area is 90.2 Å². The van der Waals surface area contributed by atoms with Crippen LogP contribution >= 0.6 is 11.6 Å². The first kappa shape index (κ1) is 11.3. The molecule has 0 aliphatic carbocycles. The van der Waals surface area contributed by atoms with Crippen LogP contribution in [0.3, 0.4) is 0 Å². The first-order valence-corrected chi connectivity index (χ1v) is 5.19. The van der Waals surface area contributed by atoms with E-state index in [0.29, 0.717) is 0 Å². The lowest BCUT2D eigenvalue weighted by Gasteiger charge is -2.07. The molecule has 0 heterocycles. The Morgan fingerprint density at radius 3 is 2.79 bits per heavy atom. The van der Waals surface area contributed by atoms with Crippen molar-refractivity contribution in [1.29, 1.82) is 0 Å². The molecule has 0 amide bonds. The third-order valence-corrected chi connectivity index (χ3v) is 2.35. The highest BCUT2D eigenvalue weighted by Gasteiger charge is 2.01. The van der Waals surface area contributed by atoms with Crippen LogP contribution in [0, 0.1) is 0 Å². The minimum Gasteiger partial charge on any atom is -0.497 e. The highest BCUT2D eigenvalue weighted by molar-refractivity contribution is 6.31. The summed E-state index contributed by atoms with van der Waals surface area (Å²) in [6.45, 7) is 3.97. The number of halogens is 1. The molecule has 2 nitrogen and oxygen atoms in total. The number of nitrogens with one attached hydrogen (secondary N) is 1. The topological polar surface area (TPSA) is 21.3 Å². The van der Waals surface area contributed by atoms with E-state index in [0.717, 1.165) is 35.8 Å². The normalized spacial score (nSPS) is 10.2. The van der Waals surface area contributed by atoms with Gasteiger partial charge in [-0.05, 0) is 30.7 Å². The Bertz CT molecular complexity index is 289. The second-order valence-electron chi connectivity index (χ2n) is 3.13. The summed E-state index contributed by atoms with van der Waals surface area (Å²) >= 11 is 6.07. The van der Waals surface area contributed by atoms with Crippen molar-refractivity contribution < 1.29 is 4.74 Å². The van der Waals surface area contributed by atoms with E-state index in [1.165, 1.54) is 0 Å². The number of hydrogen-bond acceptors (Lipinski definition) is 2. The molecule has 1 aromatic carbocycles. The van der Waals surface area contributed by atoms with Crippen molar-refractivity contribution in [2.45, 2.75) is 19.9 Å². The van der Waals surface area contributed by atoms with Gasteiger partial charge in [-0.1, -0.05) is 24.6 Å². The van der Waals surface area contributed by atoms with E-state index in [9.17, 15) is 0 Å². The number of methoxy groups -OCH3 is 1. The maximum atomic E-state index is 6.07. The van der Waals surface area contributed by atoms with Crippen LogP contribution in [0.1, 0.15) is 18.9 Å². The predicted octanol–water partition coefficient (Wildman–Crippen LogP) is 2.85. The predicted molar refractivity (Wildman–Crippen MR) is 60.0 cm³/mol. The highest BCUT2D eigenvalue weighted by Crippen LogP contribution is 2.21. The van der Waals surface area contributed by atoms with E-state index in [1.807, 2.05) is 18.2 Å². The van der Waals surface area contributed by atoms with Crippen molar-refractivity contribution >= 4 is 11.6 Å². The van der Waals surface area contributed by atoms with Crippen molar-refractivity contribution in [3.63, 3.8) is 0 Å². The zero-order valence-electron chi connectivity index (χ0n) is 8.64. The fourth-order valence-electron chi connectivity index (χ4n) is 1.20. The van der Waals surface area contributed by atoms with Gasteiger partial charge in [-0.2, -0.15) is 0 Å². The monoisotopic (exact) mass is 213 g/mol. The van der Waals surface area contributed by atoms with E-state index in [2.05, 4.69) is 12.2 Å². The Balaban J connectivity index is 2.59. The molecule has 1 aromatic rings. The maximum Gasteiger partial charge on any atom is 0.120 e. The van der Waals surface area contributed by atoms with Gasteiger partial charge in [-0.3, -0.25) is 0 Å². The summed E-state index contributed by atoms with van der Waals surface area (Å²) in [4.78, 5) is 0. The fourth-order valence-corrected chi connectivity index (χ4v) is 1.44. The molecule has 0 aliphatic heterocycles. The van der Waals surface area contributed by atoms with Crippen LogP contribution in [0.4, 0.5) is 0 Å². The summed E-state index contributed by atoms with van der Waals surface area (Å²) in [7, 11) is 1.64. The van der Waals surface area contributed by atoms with Crippen LogP contribution in [-0.4, -0.2) is 13.7 Å². The fraction of sp³-hybridized carbons (Fsp3) is 0.455. The van der Waals surface area contributed by atoms with Gasteiger partial charge in [0.1, 0.15) is 5.75 Å². The quantitative estimate of drug-likeness (QED) is 0.760. The van der Waals surface area contributed by atoms with Crippen molar-refractivity contribution in [1.82, 2.24) is 5.32 Å². The molecule has 78 valence electrons. The van der Waals surface area contributed by atoms with Gasteiger partial charge < -0.3 is 10.1 Å². The van der Waals surface area contributed by atoms with Crippen molar-refractivity contribution in [3.05, 3.63) is 28.8 Å². The average Bonchev–Trinajstić information content (AvgIpc) is 2.20. The van der Waals surface area contributed by atoms with Crippen LogP contribution in [0.15, 0.2) is 18.2 Å². The van der Waals surface area contributed by atoms with Gasteiger partial charge >= 0.3 is 0 Å². The van der Waals surface area contributed by atoms with Gasteiger partial charge in [0.15, 0.2) is 0 Å². The molecule has 0 radical (unpaired) electrons. The molecule has 0 saturated carbocycles. The Kier molecular flexibility index (Phi) is 4.77. The minimum atomic E-state index is 0.757. The molecular formula is C11H16ClNO. The second kappa shape index (κ2) is 5.89. The lowest BCUT2D eigenvalue weighted by atomic mass is 10.2. The Hall–Kier alpha value is -0.730. The second-order valence-corrected chi connectivity index (χ2v) is 3.54. The highest BCUT2D eigenvalue weighted by atomic mass is 35.5. The van der Waals surface area contributed by atoms with Crippen molar-refractivity contribution in [3.8, 4) is 5.75 Å². The molecule has 0 fully saturated rings. The van der Waals surface area contributed by atoms with Gasteiger partial charge in [0.2, 0.25) is 0 Å². The van der Waals surface area contributed by atoms with Crippen LogP contribution in [0.2, 0.25) is 5.02 Å². The summed E-state index contributed by atoms with van der Waals surface area (Å²) in [5.74, 6) is 0.800. The van der Waals surface area contributed by atoms with E-state index in [-0.39, 0.29) is 0 Å². The van der Waals surface area contributed by atoms with Crippen LogP contribution < -0.4 is 10.1 Å². The number of benzene rings is 1. The third kappa shape index (κ3) is 3.20. The summed E-state index contributed by atoms with van der Waals surface area (Å²) < 4.78 is 5.07. The Morgan fingerprint density at radius 1 is 1.43 bits per heavy atom. The standard InChI is InChI=1S/C11H16ClNO/c1-3-6-13-8-9-4-5-10(14-2)7-11(9)12/h4-5,7,13H,3,6,8H2,1-2H3. The molecule has 1 N–H and O–H groups in total. The van der Waals surface area contributed by atoms with Gasteiger partial charge in [0.25, 0.3) is 0 Å². The van der Waals surface area contributed by atoms with Gasteiger partial charge in [-0.25, -0.2) is 0 Å². The smallest absolute Gasteiger partial charge is 0.120 e. The molecule has 0 unspecified atom stereocenters. The maximum absolute atomic E-state index is 6.07. The van der Waals surface area contributed by atoms with Gasteiger partial charge in [0.05, 0.1) is 7.11 Å². The zero-order chi connectivity index (χ0) is 10.4. The summed E-state index contributed by atoms with van der Waals surface area (Å²) in [5, 5.41) is 4.06. The molecule has 3 heteroatoms. The first-order chi connectivity index (χ1) is 6.77. The molecule has 0 aliphatic rings. The first-order valence-electron chi connectivity index (χ1n) is 4.81. The molecule has 0 bridgehead atoms. The van der Waals surface area contributed by atoms with Crippen molar-refractivity contribution in [2.24, 2.45) is 0 Å². The molecular weight excluding hydrogens is 198 g/mol. The van der Waals surface area contributed by atoms with Crippen molar-refractivity contribution in [2.75, 3.05) is 13.7 Å². The SMILES string of the molecule is CCCNCc1ccc(OC)cc1Cl. The Morgan fingerprint density at radius 2 is 2.21 bits per heavy atom. The lowest BCUT2D eigenvalue weighted by Crippen LogP contribution is -2.13. The molecule has 0 aromatic heterocycles. The van der Waals surface area contributed by atoms with Crippen LogP contribution in [0.5, 0.6) is 5.75 Å². The zero-order valence-corrected chi connectivity index (χ0v) is 9.40. The van der Waals surface area contributed by atoms with E-state index in [4.69, 9.17) is 16.3 Å². The van der Waals surface area contributed by atoms with E-state index < -0.39 is 0 Å². The molecule has 0 atom stereocenters. The summed E-state index contributed by atoms with van der Waals surface area (Å²) in [5.41, 5.74) is 1.11. The number of hydrogen-bond donors (Lipinski definition) is 1. The minimum absolute atomic E-state index is 0.757. The third-order valence-electron chi connectivity index (χ3n) is 2.00. The number of rotatable bonds is 5. The van der Waals surface area contributed by atoms with Gasteiger partial charge in [-0.15, -0.1) is 0 Å². The van der Waals surface area contributed by atoms with E-state index >= 15 is 0 Å². The summed E-state index contributed by atoms with van der Waals surface area (Å²) in [6.07, 6.45) is 1.13. The molecule has 0 saturated heterocycles. The summed E-state index contributed by atoms with van der Waals surface area (Å²) in [6, 6.07) is 5.75.